The van der Waals surface area contributed by atoms with Crippen molar-refractivity contribution in [2.24, 2.45) is 7.05 Å². The summed E-state index contributed by atoms with van der Waals surface area (Å²) in [5.74, 6) is 0.799. The molecule has 0 saturated carbocycles. The molecule has 0 amide bonds. The fourth-order valence-corrected chi connectivity index (χ4v) is 4.53. The van der Waals surface area contributed by atoms with E-state index in [9.17, 15) is 5.11 Å². The zero-order valence-corrected chi connectivity index (χ0v) is 19.1. The van der Waals surface area contributed by atoms with E-state index in [1.807, 2.05) is 54.2 Å². The van der Waals surface area contributed by atoms with Crippen LogP contribution >= 0.6 is 0 Å². The van der Waals surface area contributed by atoms with Crippen LogP contribution in [0.5, 0.6) is 5.75 Å². The number of aryl methyl sites for hydroxylation is 1. The molecule has 168 valence electrons. The first-order valence-electron chi connectivity index (χ1n) is 11.4. The van der Waals surface area contributed by atoms with Crippen LogP contribution in [0.2, 0.25) is 0 Å². The third-order valence-corrected chi connectivity index (χ3v) is 6.26. The van der Waals surface area contributed by atoms with Gasteiger partial charge < -0.3 is 9.67 Å². The highest BCUT2D eigenvalue weighted by atomic mass is 16.3. The molecule has 0 aliphatic carbocycles. The van der Waals surface area contributed by atoms with Gasteiger partial charge in [0.15, 0.2) is 0 Å². The SMILES string of the molecule is Cn1c(-c2ccncc2O)nc2c(-c3cc(-c4ccccc4)cc(-c4ccccn4)c3)cccc21. The number of nitrogens with zero attached hydrogens (tertiary/aromatic N) is 4. The van der Waals surface area contributed by atoms with Crippen LogP contribution in [0.4, 0.5) is 0 Å². The van der Waals surface area contributed by atoms with Crippen molar-refractivity contribution < 1.29 is 5.11 Å². The van der Waals surface area contributed by atoms with Gasteiger partial charge in [-0.1, -0.05) is 48.5 Å². The van der Waals surface area contributed by atoms with Crippen molar-refractivity contribution in [2.75, 3.05) is 0 Å². The number of fused-ring (bicyclic) bond motifs is 1. The molecule has 0 spiro atoms. The number of imidazole rings is 1. The summed E-state index contributed by atoms with van der Waals surface area (Å²) in [6, 6.07) is 30.8. The van der Waals surface area contributed by atoms with E-state index in [1.54, 1.807) is 12.3 Å². The van der Waals surface area contributed by atoms with Crippen LogP contribution in [0.15, 0.2) is 110 Å². The van der Waals surface area contributed by atoms with Crippen LogP contribution in [0.1, 0.15) is 0 Å². The van der Waals surface area contributed by atoms with Crippen molar-refractivity contribution in [1.82, 2.24) is 19.5 Å². The number of hydrogen-bond acceptors (Lipinski definition) is 4. The molecular weight excluding hydrogens is 432 g/mol. The topological polar surface area (TPSA) is 63.8 Å². The summed E-state index contributed by atoms with van der Waals surface area (Å²) in [5, 5.41) is 10.4. The van der Waals surface area contributed by atoms with Gasteiger partial charge in [0.2, 0.25) is 0 Å². The smallest absolute Gasteiger partial charge is 0.144 e. The second-order valence-electron chi connectivity index (χ2n) is 8.44. The Kier molecular flexibility index (Phi) is 5.08. The summed E-state index contributed by atoms with van der Waals surface area (Å²) < 4.78 is 2.01. The van der Waals surface area contributed by atoms with E-state index in [0.29, 0.717) is 11.4 Å². The third kappa shape index (κ3) is 3.73. The second kappa shape index (κ2) is 8.54. The van der Waals surface area contributed by atoms with Crippen LogP contribution < -0.4 is 0 Å². The molecule has 1 N–H and O–H groups in total. The highest BCUT2D eigenvalue weighted by Gasteiger charge is 2.17. The predicted octanol–water partition coefficient (Wildman–Crippen LogP) is 6.74. The molecule has 6 rings (SSSR count). The van der Waals surface area contributed by atoms with Crippen molar-refractivity contribution >= 4 is 11.0 Å². The van der Waals surface area contributed by atoms with E-state index >= 15 is 0 Å². The van der Waals surface area contributed by atoms with Gasteiger partial charge in [0.1, 0.15) is 11.6 Å². The maximum Gasteiger partial charge on any atom is 0.144 e. The minimum absolute atomic E-state index is 0.107. The zero-order chi connectivity index (χ0) is 23.8. The average molecular weight is 455 g/mol. The Labute approximate surface area is 203 Å². The van der Waals surface area contributed by atoms with Gasteiger partial charge in [-0.15, -0.1) is 0 Å². The molecule has 3 heterocycles. The molecule has 6 aromatic rings. The summed E-state index contributed by atoms with van der Waals surface area (Å²) in [6.45, 7) is 0. The number of aromatic hydroxyl groups is 1. The molecule has 0 aliphatic rings. The molecule has 0 bridgehead atoms. The largest absolute Gasteiger partial charge is 0.506 e. The van der Waals surface area contributed by atoms with E-state index in [1.165, 1.54) is 6.20 Å². The lowest BCUT2D eigenvalue weighted by atomic mass is 9.94. The van der Waals surface area contributed by atoms with Gasteiger partial charge >= 0.3 is 0 Å². The second-order valence-corrected chi connectivity index (χ2v) is 8.44. The molecule has 0 saturated heterocycles. The van der Waals surface area contributed by atoms with Crippen molar-refractivity contribution in [2.45, 2.75) is 0 Å². The minimum atomic E-state index is 0.107. The Morgan fingerprint density at radius 3 is 2.29 bits per heavy atom. The number of benzene rings is 3. The zero-order valence-electron chi connectivity index (χ0n) is 19.1. The molecule has 5 heteroatoms. The van der Waals surface area contributed by atoms with Gasteiger partial charge in [-0.2, -0.15) is 0 Å². The van der Waals surface area contributed by atoms with Crippen molar-refractivity contribution in [3.05, 3.63) is 110 Å². The third-order valence-electron chi connectivity index (χ3n) is 6.26. The lowest BCUT2D eigenvalue weighted by Gasteiger charge is -2.11. The number of para-hydroxylation sites is 1. The van der Waals surface area contributed by atoms with E-state index in [4.69, 9.17) is 4.98 Å². The average Bonchev–Trinajstić information content (AvgIpc) is 3.26. The predicted molar refractivity (Wildman–Crippen MR) is 140 cm³/mol. The molecule has 5 nitrogen and oxygen atoms in total. The van der Waals surface area contributed by atoms with Gasteiger partial charge in [0.05, 0.1) is 28.5 Å². The summed E-state index contributed by atoms with van der Waals surface area (Å²) in [5.41, 5.74) is 8.80. The van der Waals surface area contributed by atoms with E-state index in [2.05, 4.69) is 58.5 Å². The Balaban J connectivity index is 1.59. The van der Waals surface area contributed by atoms with Gasteiger partial charge in [-0.3, -0.25) is 9.97 Å². The quantitative estimate of drug-likeness (QED) is 0.320. The summed E-state index contributed by atoms with van der Waals surface area (Å²) in [7, 11) is 1.97. The van der Waals surface area contributed by atoms with E-state index < -0.39 is 0 Å². The maximum absolute atomic E-state index is 10.4. The Hall–Kier alpha value is -4.77. The first kappa shape index (κ1) is 20.8. The standard InChI is InChI=1S/C30H22N4O/c1-34-27-12-7-10-24(29(27)33-30(34)25-13-15-31-19-28(25)35)22-16-21(20-8-3-2-4-9-20)17-23(18-22)26-11-5-6-14-32-26/h2-19,35H,1H3. The van der Waals surface area contributed by atoms with Crippen molar-refractivity contribution in [3.8, 4) is 50.6 Å². The van der Waals surface area contributed by atoms with Gasteiger partial charge in [-0.05, 0) is 59.2 Å². The lowest BCUT2D eigenvalue weighted by molar-refractivity contribution is 0.474. The fourth-order valence-electron chi connectivity index (χ4n) is 4.53. The van der Waals surface area contributed by atoms with E-state index in [0.717, 1.165) is 44.5 Å². The van der Waals surface area contributed by atoms with Crippen LogP contribution in [-0.4, -0.2) is 24.6 Å². The molecule has 0 aliphatic heterocycles. The van der Waals surface area contributed by atoms with Gasteiger partial charge in [0.25, 0.3) is 0 Å². The van der Waals surface area contributed by atoms with Crippen molar-refractivity contribution in [3.63, 3.8) is 0 Å². The lowest BCUT2D eigenvalue weighted by Crippen LogP contribution is -1.93. The fraction of sp³-hybridized carbons (Fsp3) is 0.0333. The molecule has 0 atom stereocenters. The monoisotopic (exact) mass is 454 g/mol. The summed E-state index contributed by atoms with van der Waals surface area (Å²) in [6.07, 6.45) is 4.92. The Morgan fingerprint density at radius 1 is 0.686 bits per heavy atom. The number of aromatic nitrogens is 4. The van der Waals surface area contributed by atoms with Crippen LogP contribution in [0.25, 0.3) is 55.9 Å². The Morgan fingerprint density at radius 2 is 1.49 bits per heavy atom. The van der Waals surface area contributed by atoms with Gasteiger partial charge in [-0.25, -0.2) is 4.98 Å². The normalized spacial score (nSPS) is 11.1. The molecule has 35 heavy (non-hydrogen) atoms. The number of rotatable bonds is 4. The number of hydrogen-bond donors (Lipinski definition) is 1. The summed E-state index contributed by atoms with van der Waals surface area (Å²) in [4.78, 5) is 13.6. The van der Waals surface area contributed by atoms with Crippen LogP contribution in [0.3, 0.4) is 0 Å². The molecule has 3 aromatic carbocycles. The van der Waals surface area contributed by atoms with Crippen LogP contribution in [0, 0.1) is 0 Å². The molecule has 0 fully saturated rings. The first-order chi connectivity index (χ1) is 17.2. The molecule has 3 aromatic heterocycles. The Bertz CT molecular complexity index is 1600. The highest BCUT2D eigenvalue weighted by molar-refractivity contribution is 5.96. The molecule has 0 unspecified atom stereocenters. The molecular formula is C30H22N4O. The van der Waals surface area contributed by atoms with E-state index in [-0.39, 0.29) is 5.75 Å². The maximum atomic E-state index is 10.4. The van der Waals surface area contributed by atoms with Crippen LogP contribution in [-0.2, 0) is 7.05 Å². The van der Waals surface area contributed by atoms with Gasteiger partial charge in [0, 0.05) is 30.6 Å². The van der Waals surface area contributed by atoms with Crippen molar-refractivity contribution in [1.29, 1.82) is 0 Å². The first-order valence-corrected chi connectivity index (χ1v) is 11.4. The summed E-state index contributed by atoms with van der Waals surface area (Å²) >= 11 is 0. The highest BCUT2D eigenvalue weighted by Crippen LogP contribution is 2.37. The minimum Gasteiger partial charge on any atom is -0.506 e. The number of pyridine rings is 2. The molecule has 0 radical (unpaired) electrons.